The summed E-state index contributed by atoms with van der Waals surface area (Å²) in [6.45, 7) is 1.67. The molecule has 0 bridgehead atoms. The molecule has 0 saturated heterocycles. The smallest absolute Gasteiger partial charge is 0.246 e. The van der Waals surface area contributed by atoms with Crippen molar-refractivity contribution >= 4 is 15.7 Å². The van der Waals surface area contributed by atoms with Crippen LogP contribution in [0.15, 0.2) is 41.4 Å². The minimum absolute atomic E-state index is 0.0520. The second-order valence-electron chi connectivity index (χ2n) is 4.72. The molecule has 0 atom stereocenters. The summed E-state index contributed by atoms with van der Waals surface area (Å²) < 4.78 is 39.8. The van der Waals surface area contributed by atoms with Crippen molar-refractivity contribution < 1.29 is 12.8 Å². The first-order valence-corrected chi connectivity index (χ1v) is 7.68. The molecule has 2 rings (SSSR count). The molecule has 0 aliphatic heterocycles. The van der Waals surface area contributed by atoms with Crippen LogP contribution >= 0.6 is 0 Å². The van der Waals surface area contributed by atoms with Crippen LogP contribution in [-0.4, -0.2) is 24.8 Å². The zero-order chi connectivity index (χ0) is 15.6. The van der Waals surface area contributed by atoms with Crippen LogP contribution in [0.1, 0.15) is 11.3 Å². The van der Waals surface area contributed by atoms with E-state index in [4.69, 9.17) is 5.73 Å². The minimum atomic E-state index is -3.97. The second kappa shape index (κ2) is 5.79. The SMILES string of the molecule is Cc1cc(F)c(S(=O)(=O)N(C)Cc2ccccn2)cc1N. The highest BCUT2D eigenvalue weighted by Gasteiger charge is 2.25. The van der Waals surface area contributed by atoms with Crippen molar-refractivity contribution in [3.05, 3.63) is 53.6 Å². The molecule has 21 heavy (non-hydrogen) atoms. The van der Waals surface area contributed by atoms with Crippen LogP contribution in [0.5, 0.6) is 0 Å². The normalized spacial score (nSPS) is 11.8. The highest BCUT2D eigenvalue weighted by atomic mass is 32.2. The Morgan fingerprint density at radius 1 is 1.33 bits per heavy atom. The van der Waals surface area contributed by atoms with Crippen LogP contribution in [0, 0.1) is 12.7 Å². The summed E-state index contributed by atoms with van der Waals surface area (Å²) in [6, 6.07) is 7.46. The van der Waals surface area contributed by atoms with Gasteiger partial charge in [-0.15, -0.1) is 0 Å². The summed E-state index contributed by atoms with van der Waals surface area (Å²) in [5.41, 5.74) is 6.99. The van der Waals surface area contributed by atoms with E-state index >= 15 is 0 Å². The number of nitrogen functional groups attached to an aromatic ring is 1. The Hall–Kier alpha value is -1.99. The van der Waals surface area contributed by atoms with Gasteiger partial charge in [-0.05, 0) is 36.8 Å². The maximum atomic E-state index is 13.9. The van der Waals surface area contributed by atoms with Crippen molar-refractivity contribution in [3.8, 4) is 0 Å². The standard InChI is InChI=1S/C14H16FN3O2S/c1-10-7-12(15)14(8-13(10)16)21(19,20)18(2)9-11-5-3-4-6-17-11/h3-8H,9,16H2,1-2H3. The van der Waals surface area contributed by atoms with Gasteiger partial charge >= 0.3 is 0 Å². The van der Waals surface area contributed by atoms with Crippen molar-refractivity contribution in [1.29, 1.82) is 0 Å². The molecule has 7 heteroatoms. The van der Waals surface area contributed by atoms with Crippen LogP contribution in [-0.2, 0) is 16.6 Å². The van der Waals surface area contributed by atoms with Crippen molar-refractivity contribution in [3.63, 3.8) is 0 Å². The van der Waals surface area contributed by atoms with E-state index in [1.807, 2.05) is 0 Å². The van der Waals surface area contributed by atoms with E-state index in [1.165, 1.54) is 7.05 Å². The van der Waals surface area contributed by atoms with Crippen molar-refractivity contribution in [2.75, 3.05) is 12.8 Å². The first-order chi connectivity index (χ1) is 9.82. The molecule has 0 fully saturated rings. The van der Waals surface area contributed by atoms with E-state index in [0.717, 1.165) is 16.4 Å². The number of nitrogens with two attached hydrogens (primary N) is 1. The Morgan fingerprint density at radius 3 is 2.67 bits per heavy atom. The molecular formula is C14H16FN3O2S. The lowest BCUT2D eigenvalue weighted by molar-refractivity contribution is 0.455. The molecule has 2 N–H and O–H groups in total. The monoisotopic (exact) mass is 309 g/mol. The van der Waals surface area contributed by atoms with Gasteiger partial charge in [0.25, 0.3) is 0 Å². The Morgan fingerprint density at radius 2 is 2.05 bits per heavy atom. The predicted octanol–water partition coefficient (Wildman–Crippen LogP) is 1.93. The summed E-state index contributed by atoms with van der Waals surface area (Å²) >= 11 is 0. The lowest BCUT2D eigenvalue weighted by Gasteiger charge is -2.18. The number of sulfonamides is 1. The third-order valence-electron chi connectivity index (χ3n) is 3.12. The molecule has 112 valence electrons. The van der Waals surface area contributed by atoms with Gasteiger partial charge in [-0.25, -0.2) is 12.8 Å². The van der Waals surface area contributed by atoms with Gasteiger partial charge < -0.3 is 5.73 Å². The summed E-state index contributed by atoms with van der Waals surface area (Å²) in [5.74, 6) is -0.811. The van der Waals surface area contributed by atoms with E-state index in [2.05, 4.69) is 4.98 Å². The number of anilines is 1. The number of nitrogens with zero attached hydrogens (tertiary/aromatic N) is 2. The number of rotatable bonds is 4. The Labute approximate surface area is 123 Å². The second-order valence-corrected chi connectivity index (χ2v) is 6.73. The van der Waals surface area contributed by atoms with Gasteiger partial charge in [0.1, 0.15) is 10.7 Å². The summed E-state index contributed by atoms with van der Waals surface area (Å²) in [7, 11) is -2.59. The molecule has 5 nitrogen and oxygen atoms in total. The molecule has 0 spiro atoms. The fourth-order valence-corrected chi connectivity index (χ4v) is 3.06. The third-order valence-corrected chi connectivity index (χ3v) is 4.94. The molecule has 0 amide bonds. The van der Waals surface area contributed by atoms with E-state index < -0.39 is 20.7 Å². The molecule has 0 aliphatic carbocycles. The van der Waals surface area contributed by atoms with Crippen molar-refractivity contribution in [2.24, 2.45) is 0 Å². The Kier molecular flexibility index (Phi) is 4.24. The van der Waals surface area contributed by atoms with Crippen LogP contribution in [0.4, 0.5) is 10.1 Å². The fourth-order valence-electron chi connectivity index (χ4n) is 1.84. The van der Waals surface area contributed by atoms with Crippen LogP contribution in [0.25, 0.3) is 0 Å². The number of hydrogen-bond acceptors (Lipinski definition) is 4. The van der Waals surface area contributed by atoms with Crippen molar-refractivity contribution in [2.45, 2.75) is 18.4 Å². The van der Waals surface area contributed by atoms with Gasteiger partial charge in [0.15, 0.2) is 0 Å². The maximum absolute atomic E-state index is 13.9. The maximum Gasteiger partial charge on any atom is 0.246 e. The summed E-state index contributed by atoms with van der Waals surface area (Å²) in [4.78, 5) is 3.63. The number of benzene rings is 1. The van der Waals surface area contributed by atoms with Gasteiger partial charge in [-0.2, -0.15) is 4.31 Å². The average Bonchev–Trinajstić information content (AvgIpc) is 2.43. The zero-order valence-corrected chi connectivity index (χ0v) is 12.6. The fraction of sp³-hybridized carbons (Fsp3) is 0.214. The number of aromatic nitrogens is 1. The number of halogens is 1. The molecule has 0 unspecified atom stereocenters. The molecule has 0 radical (unpaired) electrons. The molecule has 1 heterocycles. The summed E-state index contributed by atoms with van der Waals surface area (Å²) in [5, 5.41) is 0. The van der Waals surface area contributed by atoms with Crippen LogP contribution in [0.2, 0.25) is 0 Å². The molecule has 1 aromatic heterocycles. The lowest BCUT2D eigenvalue weighted by Crippen LogP contribution is -2.27. The highest BCUT2D eigenvalue weighted by molar-refractivity contribution is 7.89. The number of pyridine rings is 1. The first kappa shape index (κ1) is 15.4. The van der Waals surface area contributed by atoms with Crippen LogP contribution in [0.3, 0.4) is 0 Å². The quantitative estimate of drug-likeness (QED) is 0.876. The van der Waals surface area contributed by atoms with Crippen molar-refractivity contribution in [1.82, 2.24) is 9.29 Å². The molecule has 0 saturated carbocycles. The molecule has 1 aromatic carbocycles. The van der Waals surface area contributed by atoms with E-state index in [-0.39, 0.29) is 12.2 Å². The topological polar surface area (TPSA) is 76.3 Å². The Balaban J connectivity index is 2.36. The minimum Gasteiger partial charge on any atom is -0.398 e. The lowest BCUT2D eigenvalue weighted by atomic mass is 10.2. The van der Waals surface area contributed by atoms with Crippen LogP contribution < -0.4 is 5.73 Å². The average molecular weight is 309 g/mol. The zero-order valence-electron chi connectivity index (χ0n) is 11.7. The predicted molar refractivity (Wildman–Crippen MR) is 78.4 cm³/mol. The van der Waals surface area contributed by atoms with Gasteiger partial charge in [-0.3, -0.25) is 4.98 Å². The molecule has 2 aromatic rings. The van der Waals surface area contributed by atoms with Gasteiger partial charge in [-0.1, -0.05) is 6.07 Å². The number of aryl methyl sites for hydroxylation is 1. The van der Waals surface area contributed by atoms with E-state index in [0.29, 0.717) is 11.3 Å². The molecule has 0 aliphatic rings. The number of hydrogen-bond donors (Lipinski definition) is 1. The van der Waals surface area contributed by atoms with Gasteiger partial charge in [0.05, 0.1) is 12.2 Å². The molecular weight excluding hydrogens is 293 g/mol. The first-order valence-electron chi connectivity index (χ1n) is 6.24. The summed E-state index contributed by atoms with van der Waals surface area (Å²) in [6.07, 6.45) is 1.57. The third kappa shape index (κ3) is 3.20. The van der Waals surface area contributed by atoms with Gasteiger partial charge in [0, 0.05) is 18.9 Å². The largest absolute Gasteiger partial charge is 0.398 e. The van der Waals surface area contributed by atoms with E-state index in [1.54, 1.807) is 31.3 Å². The Bertz CT molecular complexity index is 748. The van der Waals surface area contributed by atoms with Gasteiger partial charge in [0.2, 0.25) is 10.0 Å². The highest BCUT2D eigenvalue weighted by Crippen LogP contribution is 2.24. The van der Waals surface area contributed by atoms with E-state index in [9.17, 15) is 12.8 Å².